The largest absolute Gasteiger partial charge is 0.392 e. The van der Waals surface area contributed by atoms with Crippen LogP contribution < -0.4 is 5.43 Å². The molecule has 0 radical (unpaired) electrons. The Morgan fingerprint density at radius 1 is 1.25 bits per heavy atom. The number of hydrazine groups is 1. The fraction of sp³-hybridized carbons (Fsp3) is 0.304. The summed E-state index contributed by atoms with van der Waals surface area (Å²) in [5.74, 6) is -0.307. The molecule has 1 amide bonds. The van der Waals surface area contributed by atoms with E-state index in [0.717, 1.165) is 34.1 Å². The molecule has 0 bridgehead atoms. The van der Waals surface area contributed by atoms with Gasteiger partial charge in [0.25, 0.3) is 5.91 Å². The number of rotatable bonds is 5. The maximum Gasteiger partial charge on any atom is 0.286 e. The van der Waals surface area contributed by atoms with Gasteiger partial charge in [0.2, 0.25) is 0 Å². The number of amides is 1. The Morgan fingerprint density at radius 3 is 2.66 bits per heavy atom. The monoisotopic (exact) mass is 536 g/mol. The van der Waals surface area contributed by atoms with Crippen molar-refractivity contribution < 1.29 is 9.90 Å². The number of piperidine rings is 1. The van der Waals surface area contributed by atoms with Crippen LogP contribution in [0, 0.1) is 0 Å². The zero-order valence-electron chi connectivity index (χ0n) is 17.5. The predicted molar refractivity (Wildman–Crippen MR) is 130 cm³/mol. The van der Waals surface area contributed by atoms with Crippen LogP contribution in [0.5, 0.6) is 0 Å². The normalized spacial score (nSPS) is 16.8. The first-order valence-corrected chi connectivity index (χ1v) is 12.0. The number of β-amino-alcohol motifs (C(OH)–C–C–N with tert-alkyl or cyclic N) is 1. The van der Waals surface area contributed by atoms with E-state index in [2.05, 4.69) is 21.4 Å². The molecule has 1 aliphatic rings. The molecule has 0 unspecified atom stereocenters. The standard InChI is InChI=1S/C23H23BrCl2N4O2/c1-2-18-21(23(32)28-29-11-3-4-17(31)13-29)27-30(20-10-9-16(25)12-19(20)26)22(18)14-5-7-15(24)8-6-14/h5-10,12,17,31H,2-4,11,13H2,1H3,(H,28,32)/t17-/m1/s1. The lowest BCUT2D eigenvalue weighted by Gasteiger charge is -2.29. The van der Waals surface area contributed by atoms with Gasteiger partial charge in [-0.3, -0.25) is 10.2 Å². The Hall–Kier alpha value is -1.90. The van der Waals surface area contributed by atoms with Gasteiger partial charge in [0.1, 0.15) is 0 Å². The van der Waals surface area contributed by atoms with Crippen molar-refractivity contribution >= 4 is 45.0 Å². The number of aromatic nitrogens is 2. The molecule has 1 aromatic heterocycles. The fourth-order valence-corrected chi connectivity index (χ4v) is 4.71. The number of aliphatic hydroxyl groups is 1. The second kappa shape index (κ2) is 9.93. The molecule has 168 valence electrons. The van der Waals surface area contributed by atoms with Crippen LogP contribution in [0.3, 0.4) is 0 Å². The highest BCUT2D eigenvalue weighted by molar-refractivity contribution is 9.10. The number of halogens is 3. The molecule has 0 spiro atoms. The third-order valence-electron chi connectivity index (χ3n) is 5.46. The lowest BCUT2D eigenvalue weighted by molar-refractivity contribution is 0.0363. The van der Waals surface area contributed by atoms with Gasteiger partial charge in [-0.1, -0.05) is 58.2 Å². The third-order valence-corrected chi connectivity index (χ3v) is 6.53. The highest BCUT2D eigenvalue weighted by atomic mass is 79.9. The summed E-state index contributed by atoms with van der Waals surface area (Å²) in [6.45, 7) is 3.08. The lowest BCUT2D eigenvalue weighted by atomic mass is 10.0. The van der Waals surface area contributed by atoms with E-state index in [4.69, 9.17) is 28.3 Å². The Bertz CT molecular complexity index is 1130. The van der Waals surface area contributed by atoms with Crippen LogP contribution in [-0.2, 0) is 6.42 Å². The second-order valence-corrected chi connectivity index (χ2v) is 9.49. The van der Waals surface area contributed by atoms with Crippen LogP contribution in [0.4, 0.5) is 0 Å². The van der Waals surface area contributed by atoms with Crippen LogP contribution >= 0.6 is 39.1 Å². The first-order valence-electron chi connectivity index (χ1n) is 10.4. The van der Waals surface area contributed by atoms with Crippen molar-refractivity contribution in [3.8, 4) is 16.9 Å². The molecule has 6 nitrogen and oxygen atoms in total. The van der Waals surface area contributed by atoms with Crippen LogP contribution in [0.1, 0.15) is 35.8 Å². The van der Waals surface area contributed by atoms with E-state index in [1.807, 2.05) is 31.2 Å². The Balaban J connectivity index is 1.82. The molecule has 1 fully saturated rings. The molecular formula is C23H23BrCl2N4O2. The number of benzene rings is 2. The summed E-state index contributed by atoms with van der Waals surface area (Å²) in [5, 5.41) is 17.4. The van der Waals surface area contributed by atoms with Crippen molar-refractivity contribution in [2.24, 2.45) is 0 Å². The average molecular weight is 538 g/mol. The molecular weight excluding hydrogens is 515 g/mol. The van der Waals surface area contributed by atoms with Crippen molar-refractivity contribution in [1.29, 1.82) is 0 Å². The first kappa shape index (κ1) is 23.3. The van der Waals surface area contributed by atoms with E-state index in [-0.39, 0.29) is 5.91 Å². The van der Waals surface area contributed by atoms with E-state index in [1.165, 1.54) is 0 Å². The van der Waals surface area contributed by atoms with Crippen molar-refractivity contribution in [2.75, 3.05) is 13.1 Å². The van der Waals surface area contributed by atoms with Crippen molar-refractivity contribution in [3.63, 3.8) is 0 Å². The molecule has 4 rings (SSSR count). The zero-order valence-corrected chi connectivity index (χ0v) is 20.6. The van der Waals surface area contributed by atoms with Crippen molar-refractivity contribution in [3.05, 3.63) is 68.2 Å². The van der Waals surface area contributed by atoms with E-state index in [9.17, 15) is 9.90 Å². The SMILES string of the molecule is CCc1c(C(=O)NN2CCC[C@@H](O)C2)nn(-c2ccc(Cl)cc2Cl)c1-c1ccc(Br)cc1. The second-order valence-electron chi connectivity index (χ2n) is 7.73. The van der Waals surface area contributed by atoms with E-state index < -0.39 is 6.10 Å². The summed E-state index contributed by atoms with van der Waals surface area (Å²) < 4.78 is 2.66. The van der Waals surface area contributed by atoms with Gasteiger partial charge in [-0.25, -0.2) is 9.69 Å². The molecule has 2 N–H and O–H groups in total. The molecule has 1 saturated heterocycles. The molecule has 32 heavy (non-hydrogen) atoms. The summed E-state index contributed by atoms with van der Waals surface area (Å²) in [5.41, 5.74) is 6.40. The first-order chi connectivity index (χ1) is 15.4. The molecule has 0 saturated carbocycles. The van der Waals surface area contributed by atoms with Gasteiger partial charge in [-0.2, -0.15) is 5.10 Å². The minimum atomic E-state index is -0.446. The van der Waals surface area contributed by atoms with Gasteiger partial charge < -0.3 is 5.11 Å². The van der Waals surface area contributed by atoms with E-state index in [0.29, 0.717) is 40.9 Å². The van der Waals surface area contributed by atoms with Gasteiger partial charge in [-0.05, 0) is 49.6 Å². The van der Waals surface area contributed by atoms with Gasteiger partial charge in [-0.15, -0.1) is 0 Å². The molecule has 2 aromatic carbocycles. The number of aliphatic hydroxyl groups excluding tert-OH is 1. The number of carbonyl (C=O) groups excluding carboxylic acids is 1. The molecule has 3 aromatic rings. The van der Waals surface area contributed by atoms with Gasteiger partial charge >= 0.3 is 0 Å². The highest BCUT2D eigenvalue weighted by Crippen LogP contribution is 2.34. The molecule has 1 atom stereocenters. The van der Waals surface area contributed by atoms with Crippen LogP contribution in [0.15, 0.2) is 46.9 Å². The fourth-order valence-electron chi connectivity index (χ4n) is 3.95. The van der Waals surface area contributed by atoms with Crippen molar-refractivity contribution in [2.45, 2.75) is 32.3 Å². The van der Waals surface area contributed by atoms with Crippen LogP contribution in [-0.4, -0.2) is 45.0 Å². The van der Waals surface area contributed by atoms with Gasteiger partial charge in [0, 0.05) is 33.7 Å². The molecule has 9 heteroatoms. The van der Waals surface area contributed by atoms with Gasteiger partial charge in [0.05, 0.1) is 22.5 Å². The summed E-state index contributed by atoms with van der Waals surface area (Å²) in [6.07, 6.45) is 1.71. The number of nitrogens with one attached hydrogen (secondary N) is 1. The third kappa shape index (κ3) is 4.87. The summed E-state index contributed by atoms with van der Waals surface area (Å²) in [7, 11) is 0. The maximum atomic E-state index is 13.2. The maximum absolute atomic E-state index is 13.2. The van der Waals surface area contributed by atoms with Gasteiger partial charge in [0.15, 0.2) is 5.69 Å². The topological polar surface area (TPSA) is 70.4 Å². The smallest absolute Gasteiger partial charge is 0.286 e. The minimum Gasteiger partial charge on any atom is -0.392 e. The molecule has 0 aliphatic carbocycles. The Morgan fingerprint density at radius 2 is 2.00 bits per heavy atom. The highest BCUT2D eigenvalue weighted by Gasteiger charge is 2.27. The van der Waals surface area contributed by atoms with E-state index >= 15 is 0 Å². The number of carbonyl (C=O) groups is 1. The Kier molecular flexibility index (Phi) is 7.22. The number of hydrogen-bond acceptors (Lipinski definition) is 4. The van der Waals surface area contributed by atoms with E-state index in [1.54, 1.807) is 27.9 Å². The number of hydrogen-bond donors (Lipinski definition) is 2. The average Bonchev–Trinajstić information content (AvgIpc) is 3.14. The summed E-state index contributed by atoms with van der Waals surface area (Å²) >= 11 is 16.1. The minimum absolute atomic E-state index is 0.307. The van der Waals surface area contributed by atoms with Crippen molar-refractivity contribution in [1.82, 2.24) is 20.2 Å². The summed E-state index contributed by atoms with van der Waals surface area (Å²) in [6, 6.07) is 13.0. The molecule has 2 heterocycles. The quantitative estimate of drug-likeness (QED) is 0.465. The Labute approximate surface area is 205 Å². The number of nitrogens with zero attached hydrogens (tertiary/aromatic N) is 3. The lowest BCUT2D eigenvalue weighted by Crippen LogP contribution is -2.49. The molecule has 1 aliphatic heterocycles. The zero-order chi connectivity index (χ0) is 22.8. The van der Waals surface area contributed by atoms with Crippen LogP contribution in [0.25, 0.3) is 16.9 Å². The predicted octanol–water partition coefficient (Wildman–Crippen LogP) is 5.27. The summed E-state index contributed by atoms with van der Waals surface area (Å²) in [4.78, 5) is 13.2. The van der Waals surface area contributed by atoms with Crippen LogP contribution in [0.2, 0.25) is 10.0 Å².